The van der Waals surface area contributed by atoms with Crippen LogP contribution in [0.4, 0.5) is 11.6 Å². The van der Waals surface area contributed by atoms with Crippen molar-refractivity contribution >= 4 is 22.7 Å². The number of likely N-dealkylation sites (tertiary alicyclic amines) is 1. The molecule has 0 spiro atoms. The number of anilines is 2. The Labute approximate surface area is 230 Å². The Hall–Kier alpha value is -3.43. The maximum absolute atomic E-state index is 6.00. The van der Waals surface area contributed by atoms with E-state index in [0.29, 0.717) is 18.8 Å². The maximum Gasteiger partial charge on any atom is 0.154 e. The molecule has 1 saturated carbocycles. The first-order chi connectivity index (χ1) is 19.1. The van der Waals surface area contributed by atoms with Crippen LogP contribution in [-0.4, -0.2) is 66.7 Å². The highest BCUT2D eigenvalue weighted by molar-refractivity contribution is 5.81. The molecule has 1 saturated heterocycles. The summed E-state index contributed by atoms with van der Waals surface area (Å²) in [6, 6.07) is 8.67. The quantitative estimate of drug-likeness (QED) is 0.299. The van der Waals surface area contributed by atoms with E-state index in [9.17, 15) is 0 Å². The number of nitrogens with zero attached hydrogens (tertiary/aromatic N) is 7. The lowest BCUT2D eigenvalue weighted by atomic mass is 9.85. The monoisotopic (exact) mass is 526 g/mol. The summed E-state index contributed by atoms with van der Waals surface area (Å²) >= 11 is 0. The third kappa shape index (κ3) is 6.42. The van der Waals surface area contributed by atoms with Crippen LogP contribution in [0.3, 0.4) is 0 Å². The van der Waals surface area contributed by atoms with Crippen LogP contribution >= 0.6 is 0 Å². The van der Waals surface area contributed by atoms with Gasteiger partial charge in [0.1, 0.15) is 5.82 Å². The van der Waals surface area contributed by atoms with Gasteiger partial charge in [0.15, 0.2) is 5.82 Å². The largest absolute Gasteiger partial charge is 0.374 e. The number of ether oxygens (including phenoxy) is 1. The van der Waals surface area contributed by atoms with Crippen LogP contribution in [0.2, 0.25) is 0 Å². The summed E-state index contributed by atoms with van der Waals surface area (Å²) < 4.78 is 7.93. The van der Waals surface area contributed by atoms with E-state index < -0.39 is 0 Å². The lowest BCUT2D eigenvalue weighted by Gasteiger charge is -2.41. The summed E-state index contributed by atoms with van der Waals surface area (Å²) in [5.41, 5.74) is 4.90. The van der Waals surface area contributed by atoms with Crippen molar-refractivity contribution in [3.8, 4) is 11.1 Å². The van der Waals surface area contributed by atoms with Crippen molar-refractivity contribution in [1.82, 2.24) is 34.8 Å². The van der Waals surface area contributed by atoms with Crippen LogP contribution in [-0.2, 0) is 17.7 Å². The standard InChI is InChI=1S/C30H38N8O/c1-21(2)37-19-26(20-37)39-11-10-38-18-25(17-33-38)24-14-28-27(31-16-24)8-9-29(34-28)35-30-13-23(15-32-36-30)12-22-6-4-3-5-7-22/h8-9,13-18,21-22,26H,3-7,10-12,19-20H2,1-2H3,(H,34,35,36). The number of rotatable bonds is 10. The summed E-state index contributed by atoms with van der Waals surface area (Å²) in [4.78, 5) is 11.9. The van der Waals surface area contributed by atoms with Crippen molar-refractivity contribution in [2.75, 3.05) is 25.0 Å². The zero-order valence-electron chi connectivity index (χ0n) is 23.0. The van der Waals surface area contributed by atoms with Crippen molar-refractivity contribution in [1.29, 1.82) is 0 Å². The summed E-state index contributed by atoms with van der Waals surface area (Å²) in [7, 11) is 0. The van der Waals surface area contributed by atoms with Crippen molar-refractivity contribution in [2.24, 2.45) is 5.92 Å². The number of fused-ring (bicyclic) bond motifs is 1. The molecular weight excluding hydrogens is 488 g/mol. The van der Waals surface area contributed by atoms with Gasteiger partial charge in [0.05, 0.1) is 42.7 Å². The molecule has 9 nitrogen and oxygen atoms in total. The lowest BCUT2D eigenvalue weighted by Crippen LogP contribution is -2.55. The van der Waals surface area contributed by atoms with E-state index in [1.54, 1.807) is 0 Å². The molecule has 5 heterocycles. The fourth-order valence-electron chi connectivity index (χ4n) is 5.61. The van der Waals surface area contributed by atoms with Gasteiger partial charge in [0.2, 0.25) is 0 Å². The molecule has 0 bridgehead atoms. The van der Waals surface area contributed by atoms with E-state index in [2.05, 4.69) is 56.5 Å². The Morgan fingerprint density at radius 3 is 2.69 bits per heavy atom. The second-order valence-electron chi connectivity index (χ2n) is 11.3. The Bertz CT molecular complexity index is 1390. The predicted octanol–water partition coefficient (Wildman–Crippen LogP) is 5.26. The fraction of sp³-hybridized carbons (Fsp3) is 0.500. The molecule has 2 aliphatic rings. The van der Waals surface area contributed by atoms with Gasteiger partial charge in [-0.15, -0.1) is 5.10 Å². The molecule has 4 aromatic rings. The Morgan fingerprint density at radius 1 is 0.974 bits per heavy atom. The zero-order valence-corrected chi connectivity index (χ0v) is 23.0. The van der Waals surface area contributed by atoms with Crippen LogP contribution in [0.15, 0.2) is 49.1 Å². The number of aromatic nitrogens is 6. The molecule has 1 aliphatic heterocycles. The molecule has 9 heteroatoms. The lowest BCUT2D eigenvalue weighted by molar-refractivity contribution is -0.0688. The smallest absolute Gasteiger partial charge is 0.154 e. The van der Waals surface area contributed by atoms with Crippen LogP contribution in [0.25, 0.3) is 22.2 Å². The summed E-state index contributed by atoms with van der Waals surface area (Å²) in [6.07, 6.45) is 15.8. The van der Waals surface area contributed by atoms with Crippen molar-refractivity contribution in [2.45, 2.75) is 71.1 Å². The summed E-state index contributed by atoms with van der Waals surface area (Å²) in [5, 5.41) is 16.4. The molecular formula is C30H38N8O. The molecule has 204 valence electrons. The minimum Gasteiger partial charge on any atom is -0.374 e. The van der Waals surface area contributed by atoms with Crippen molar-refractivity contribution < 1.29 is 4.74 Å². The van der Waals surface area contributed by atoms with Crippen LogP contribution in [0.5, 0.6) is 0 Å². The fourth-order valence-corrected chi connectivity index (χ4v) is 5.61. The van der Waals surface area contributed by atoms with Crippen LogP contribution in [0.1, 0.15) is 51.5 Å². The summed E-state index contributed by atoms with van der Waals surface area (Å²) in [6.45, 7) is 7.88. The average molecular weight is 527 g/mol. The van der Waals surface area contributed by atoms with Gasteiger partial charge < -0.3 is 10.1 Å². The van der Waals surface area contributed by atoms with E-state index in [4.69, 9.17) is 9.72 Å². The highest BCUT2D eigenvalue weighted by atomic mass is 16.5. The average Bonchev–Trinajstić information content (AvgIpc) is 3.39. The third-order valence-electron chi connectivity index (χ3n) is 8.00. The number of pyridine rings is 2. The minimum atomic E-state index is 0.339. The van der Waals surface area contributed by atoms with E-state index >= 15 is 0 Å². The van der Waals surface area contributed by atoms with Gasteiger partial charge in [0.25, 0.3) is 0 Å². The number of nitrogens with one attached hydrogen (secondary N) is 1. The van der Waals surface area contributed by atoms with E-state index in [0.717, 1.165) is 65.8 Å². The minimum absolute atomic E-state index is 0.339. The topological polar surface area (TPSA) is 93.9 Å². The summed E-state index contributed by atoms with van der Waals surface area (Å²) in [5.74, 6) is 2.21. The number of hydrogen-bond acceptors (Lipinski definition) is 8. The Morgan fingerprint density at radius 2 is 1.85 bits per heavy atom. The normalized spacial score (nSPS) is 17.1. The second-order valence-corrected chi connectivity index (χ2v) is 11.3. The Kier molecular flexibility index (Phi) is 7.78. The molecule has 6 rings (SSSR count). The molecule has 0 aromatic carbocycles. The van der Waals surface area contributed by atoms with Gasteiger partial charge in [-0.25, -0.2) is 4.98 Å². The van der Waals surface area contributed by atoms with E-state index in [-0.39, 0.29) is 0 Å². The molecule has 1 N–H and O–H groups in total. The third-order valence-corrected chi connectivity index (χ3v) is 8.00. The van der Waals surface area contributed by atoms with Gasteiger partial charge in [-0.05, 0) is 56.0 Å². The van der Waals surface area contributed by atoms with Crippen LogP contribution < -0.4 is 5.32 Å². The van der Waals surface area contributed by atoms with E-state index in [1.807, 2.05) is 41.6 Å². The molecule has 0 amide bonds. The van der Waals surface area contributed by atoms with Crippen molar-refractivity contribution in [3.63, 3.8) is 0 Å². The molecule has 0 unspecified atom stereocenters. The number of hydrogen-bond donors (Lipinski definition) is 1. The molecule has 39 heavy (non-hydrogen) atoms. The van der Waals surface area contributed by atoms with Gasteiger partial charge in [-0.2, -0.15) is 10.2 Å². The molecule has 1 aliphatic carbocycles. The van der Waals surface area contributed by atoms with Crippen molar-refractivity contribution in [3.05, 3.63) is 54.6 Å². The Balaban J connectivity index is 1.08. The molecule has 2 fully saturated rings. The SMILES string of the molecule is CC(C)N1CC(OCCn2cc(-c3cnc4ccc(Nc5cc(CC6CCCCC6)cnn5)nc4c3)cn2)C1. The van der Waals surface area contributed by atoms with Gasteiger partial charge in [-0.1, -0.05) is 32.1 Å². The zero-order chi connectivity index (χ0) is 26.6. The van der Waals surface area contributed by atoms with E-state index in [1.165, 1.54) is 37.7 Å². The molecule has 0 radical (unpaired) electrons. The maximum atomic E-state index is 6.00. The first-order valence-electron chi connectivity index (χ1n) is 14.3. The molecule has 0 atom stereocenters. The van der Waals surface area contributed by atoms with Gasteiger partial charge in [0, 0.05) is 42.7 Å². The molecule has 4 aromatic heterocycles. The van der Waals surface area contributed by atoms with Gasteiger partial charge in [-0.3, -0.25) is 14.6 Å². The highest BCUT2D eigenvalue weighted by Gasteiger charge is 2.28. The van der Waals surface area contributed by atoms with Gasteiger partial charge >= 0.3 is 0 Å². The first kappa shape index (κ1) is 25.8. The predicted molar refractivity (Wildman–Crippen MR) is 153 cm³/mol. The first-order valence-corrected chi connectivity index (χ1v) is 14.3. The second kappa shape index (κ2) is 11.8. The van der Waals surface area contributed by atoms with Crippen LogP contribution in [0, 0.1) is 5.92 Å². The highest BCUT2D eigenvalue weighted by Crippen LogP contribution is 2.28.